The summed E-state index contributed by atoms with van der Waals surface area (Å²) in [4.78, 5) is 8.03. The van der Waals surface area contributed by atoms with E-state index in [-0.39, 0.29) is 0 Å². The Morgan fingerprint density at radius 3 is 1.64 bits per heavy atom. The predicted octanol–water partition coefficient (Wildman–Crippen LogP) is 2.51. The molecule has 0 aromatic carbocycles. The van der Waals surface area contributed by atoms with Crippen molar-refractivity contribution in [3.05, 3.63) is 23.8 Å². The summed E-state index contributed by atoms with van der Waals surface area (Å²) in [7, 11) is 0. The van der Waals surface area contributed by atoms with E-state index in [0.29, 0.717) is 0 Å². The SMILES string of the molecule is CCC.Cc1cncc(C)n1. The highest BCUT2D eigenvalue weighted by Crippen LogP contribution is 1.89. The normalized spacial score (nSPS) is 8.36. The van der Waals surface area contributed by atoms with E-state index in [1.165, 1.54) is 6.42 Å². The van der Waals surface area contributed by atoms with Gasteiger partial charge in [-0.25, -0.2) is 0 Å². The molecule has 0 aliphatic carbocycles. The van der Waals surface area contributed by atoms with E-state index in [9.17, 15) is 0 Å². The largest absolute Gasteiger partial charge is 0.261 e. The molecular formula is C9H16N2. The number of rotatable bonds is 0. The Bertz CT molecular complexity index is 179. The maximum absolute atomic E-state index is 4.11. The van der Waals surface area contributed by atoms with Crippen LogP contribution < -0.4 is 0 Å². The summed E-state index contributed by atoms with van der Waals surface area (Å²) < 4.78 is 0. The molecule has 0 saturated heterocycles. The van der Waals surface area contributed by atoms with Gasteiger partial charge < -0.3 is 0 Å². The summed E-state index contributed by atoms with van der Waals surface area (Å²) >= 11 is 0. The van der Waals surface area contributed by atoms with Gasteiger partial charge in [0.2, 0.25) is 0 Å². The van der Waals surface area contributed by atoms with Crippen LogP contribution in [-0.4, -0.2) is 9.97 Å². The van der Waals surface area contributed by atoms with Crippen LogP contribution in [0.5, 0.6) is 0 Å². The van der Waals surface area contributed by atoms with Crippen LogP contribution in [0, 0.1) is 13.8 Å². The summed E-state index contributed by atoms with van der Waals surface area (Å²) in [6.45, 7) is 8.11. The van der Waals surface area contributed by atoms with Crippen molar-refractivity contribution in [3.63, 3.8) is 0 Å². The highest BCUT2D eigenvalue weighted by molar-refractivity contribution is 4.98. The van der Waals surface area contributed by atoms with Gasteiger partial charge in [0.15, 0.2) is 0 Å². The van der Waals surface area contributed by atoms with E-state index in [2.05, 4.69) is 23.8 Å². The summed E-state index contributed by atoms with van der Waals surface area (Å²) in [5.74, 6) is 0. The lowest BCUT2D eigenvalue weighted by Gasteiger charge is -1.89. The molecule has 1 heterocycles. The van der Waals surface area contributed by atoms with Gasteiger partial charge in [0, 0.05) is 12.4 Å². The molecule has 0 atom stereocenters. The maximum Gasteiger partial charge on any atom is 0.0558 e. The van der Waals surface area contributed by atoms with Crippen molar-refractivity contribution in [2.75, 3.05) is 0 Å². The summed E-state index contributed by atoms with van der Waals surface area (Å²) in [6, 6.07) is 0. The van der Waals surface area contributed by atoms with E-state index < -0.39 is 0 Å². The van der Waals surface area contributed by atoms with Gasteiger partial charge in [-0.1, -0.05) is 20.3 Å². The molecule has 0 N–H and O–H groups in total. The maximum atomic E-state index is 4.11. The molecule has 62 valence electrons. The second-order valence-electron chi connectivity index (χ2n) is 2.51. The first-order chi connectivity index (χ1) is 5.20. The van der Waals surface area contributed by atoms with Crippen molar-refractivity contribution in [1.29, 1.82) is 0 Å². The van der Waals surface area contributed by atoms with E-state index in [1.807, 2.05) is 13.8 Å². The fraction of sp³-hybridized carbons (Fsp3) is 0.556. The van der Waals surface area contributed by atoms with Crippen molar-refractivity contribution >= 4 is 0 Å². The van der Waals surface area contributed by atoms with Crippen LogP contribution in [0.3, 0.4) is 0 Å². The van der Waals surface area contributed by atoms with Gasteiger partial charge >= 0.3 is 0 Å². The van der Waals surface area contributed by atoms with E-state index >= 15 is 0 Å². The highest BCUT2D eigenvalue weighted by atomic mass is 14.8. The summed E-state index contributed by atoms with van der Waals surface area (Å²) in [6.07, 6.45) is 4.74. The lowest BCUT2D eigenvalue weighted by Crippen LogP contribution is -1.85. The number of aromatic nitrogens is 2. The molecule has 2 nitrogen and oxygen atoms in total. The Labute approximate surface area is 68.7 Å². The third-order valence-corrected chi connectivity index (χ3v) is 0.875. The molecule has 0 aliphatic rings. The molecule has 0 radical (unpaired) electrons. The zero-order chi connectivity index (χ0) is 8.69. The monoisotopic (exact) mass is 152 g/mol. The quantitative estimate of drug-likeness (QED) is 0.571. The Kier molecular flexibility index (Phi) is 5.35. The lowest BCUT2D eigenvalue weighted by molar-refractivity contribution is 1.05. The van der Waals surface area contributed by atoms with Crippen LogP contribution in [-0.2, 0) is 0 Å². The van der Waals surface area contributed by atoms with Gasteiger partial charge in [0.1, 0.15) is 0 Å². The average molecular weight is 152 g/mol. The van der Waals surface area contributed by atoms with E-state index in [0.717, 1.165) is 11.4 Å². The third kappa shape index (κ3) is 5.52. The highest BCUT2D eigenvalue weighted by Gasteiger charge is 1.83. The van der Waals surface area contributed by atoms with Crippen LogP contribution in [0.4, 0.5) is 0 Å². The minimum atomic E-state index is 0.977. The Balaban J connectivity index is 0.000000292. The Morgan fingerprint density at radius 2 is 1.45 bits per heavy atom. The third-order valence-electron chi connectivity index (χ3n) is 0.875. The number of hydrogen-bond donors (Lipinski definition) is 0. The number of hydrogen-bond acceptors (Lipinski definition) is 2. The molecule has 0 unspecified atom stereocenters. The van der Waals surface area contributed by atoms with Crippen molar-refractivity contribution in [3.8, 4) is 0 Å². The van der Waals surface area contributed by atoms with Gasteiger partial charge in [0.25, 0.3) is 0 Å². The van der Waals surface area contributed by atoms with Crippen LogP contribution in [0.25, 0.3) is 0 Å². The van der Waals surface area contributed by atoms with Crippen LogP contribution >= 0.6 is 0 Å². The molecule has 2 heteroatoms. The lowest BCUT2D eigenvalue weighted by atomic mass is 10.4. The first-order valence-corrected chi connectivity index (χ1v) is 3.96. The summed E-state index contributed by atoms with van der Waals surface area (Å²) in [5.41, 5.74) is 1.95. The van der Waals surface area contributed by atoms with Gasteiger partial charge in [-0.2, -0.15) is 0 Å². The Hall–Kier alpha value is -0.920. The minimum absolute atomic E-state index is 0.977. The molecule has 0 amide bonds. The zero-order valence-electron chi connectivity index (χ0n) is 7.76. The zero-order valence-corrected chi connectivity index (χ0v) is 7.76. The average Bonchev–Trinajstić information content (AvgIpc) is 1.88. The van der Waals surface area contributed by atoms with Crippen LogP contribution in [0.15, 0.2) is 12.4 Å². The van der Waals surface area contributed by atoms with Crippen molar-refractivity contribution < 1.29 is 0 Å². The smallest absolute Gasteiger partial charge is 0.0558 e. The van der Waals surface area contributed by atoms with Crippen molar-refractivity contribution in [2.45, 2.75) is 34.1 Å². The first kappa shape index (κ1) is 10.1. The minimum Gasteiger partial charge on any atom is -0.261 e. The van der Waals surface area contributed by atoms with Gasteiger partial charge in [-0.3, -0.25) is 9.97 Å². The molecule has 0 fully saturated rings. The molecule has 1 aromatic heterocycles. The first-order valence-electron chi connectivity index (χ1n) is 3.96. The van der Waals surface area contributed by atoms with E-state index in [4.69, 9.17) is 0 Å². The van der Waals surface area contributed by atoms with E-state index in [1.54, 1.807) is 12.4 Å². The van der Waals surface area contributed by atoms with Crippen LogP contribution in [0.1, 0.15) is 31.7 Å². The number of nitrogens with zero attached hydrogens (tertiary/aromatic N) is 2. The molecular weight excluding hydrogens is 136 g/mol. The second-order valence-corrected chi connectivity index (χ2v) is 2.51. The molecule has 0 saturated carbocycles. The molecule has 0 aliphatic heterocycles. The molecule has 1 aromatic rings. The molecule has 1 rings (SSSR count). The van der Waals surface area contributed by atoms with Gasteiger partial charge in [-0.15, -0.1) is 0 Å². The fourth-order valence-electron chi connectivity index (χ4n) is 0.589. The molecule has 0 spiro atoms. The topological polar surface area (TPSA) is 25.8 Å². The number of aryl methyl sites for hydroxylation is 2. The van der Waals surface area contributed by atoms with Gasteiger partial charge in [-0.05, 0) is 13.8 Å². The Morgan fingerprint density at radius 1 is 1.09 bits per heavy atom. The fourth-order valence-corrected chi connectivity index (χ4v) is 0.589. The summed E-state index contributed by atoms with van der Waals surface area (Å²) in [5, 5.41) is 0. The van der Waals surface area contributed by atoms with Crippen molar-refractivity contribution in [2.24, 2.45) is 0 Å². The second kappa shape index (κ2) is 5.83. The van der Waals surface area contributed by atoms with Crippen LogP contribution in [0.2, 0.25) is 0 Å². The predicted molar refractivity (Wildman–Crippen MR) is 47.5 cm³/mol. The van der Waals surface area contributed by atoms with Crippen molar-refractivity contribution in [1.82, 2.24) is 9.97 Å². The molecule has 0 bridgehead atoms. The van der Waals surface area contributed by atoms with Gasteiger partial charge in [0.05, 0.1) is 11.4 Å². The standard InChI is InChI=1S/C6H8N2.C3H8/c1-5-3-7-4-6(2)8-5;1-3-2/h3-4H,1-2H3;3H2,1-2H3. The molecule has 11 heavy (non-hydrogen) atoms.